The van der Waals surface area contributed by atoms with Gasteiger partial charge < -0.3 is 4.42 Å². The van der Waals surface area contributed by atoms with Crippen molar-refractivity contribution < 1.29 is 8.81 Å². The molecule has 0 N–H and O–H groups in total. The molecule has 3 rings (SSSR count). The highest BCUT2D eigenvalue weighted by Gasteiger charge is 2.11. The van der Waals surface area contributed by atoms with Gasteiger partial charge in [0.05, 0.1) is 11.8 Å². The van der Waals surface area contributed by atoms with E-state index in [2.05, 4.69) is 10.1 Å². The molecule has 0 radical (unpaired) electrons. The molecule has 0 bridgehead atoms. The van der Waals surface area contributed by atoms with E-state index in [1.807, 2.05) is 0 Å². The van der Waals surface area contributed by atoms with Crippen LogP contribution in [0, 0.1) is 5.82 Å². The monoisotopic (exact) mass is 277 g/mol. The molecule has 19 heavy (non-hydrogen) atoms. The fourth-order valence-electron chi connectivity index (χ4n) is 1.64. The van der Waals surface area contributed by atoms with Crippen LogP contribution in [0.5, 0.6) is 0 Å². The molecular weight excluding hydrogens is 269 g/mol. The fourth-order valence-corrected chi connectivity index (χ4v) is 2.12. The van der Waals surface area contributed by atoms with Crippen LogP contribution < -0.4 is 4.87 Å². The van der Waals surface area contributed by atoms with Crippen LogP contribution >= 0.6 is 11.3 Å². The van der Waals surface area contributed by atoms with E-state index in [9.17, 15) is 9.18 Å². The molecule has 5 nitrogen and oxygen atoms in total. The molecule has 2 heterocycles. The van der Waals surface area contributed by atoms with Gasteiger partial charge in [0, 0.05) is 0 Å². The number of oxazole rings is 1. The number of hydrogen-bond donors (Lipinski definition) is 0. The third-order valence-electron chi connectivity index (χ3n) is 2.53. The second kappa shape index (κ2) is 4.77. The molecule has 96 valence electrons. The summed E-state index contributed by atoms with van der Waals surface area (Å²) in [4.78, 5) is 15.2. The highest BCUT2D eigenvalue weighted by atomic mass is 32.1. The number of halogens is 1. The zero-order valence-corrected chi connectivity index (χ0v) is 10.4. The highest BCUT2D eigenvalue weighted by Crippen LogP contribution is 2.23. The average Bonchev–Trinajstić information content (AvgIpc) is 3.01. The molecule has 1 aromatic carbocycles. The summed E-state index contributed by atoms with van der Waals surface area (Å²) in [6, 6.07) is 6.27. The Balaban J connectivity index is 1.90. The zero-order valence-electron chi connectivity index (χ0n) is 9.62. The van der Waals surface area contributed by atoms with Crippen molar-refractivity contribution in [2.24, 2.45) is 0 Å². The van der Waals surface area contributed by atoms with Gasteiger partial charge in [-0.05, 0) is 12.1 Å². The van der Waals surface area contributed by atoms with Crippen molar-refractivity contribution in [3.63, 3.8) is 0 Å². The molecule has 0 atom stereocenters. The van der Waals surface area contributed by atoms with Gasteiger partial charge in [0.15, 0.2) is 5.76 Å². The number of nitrogens with zero attached hydrogens (tertiary/aromatic N) is 3. The molecule has 0 fully saturated rings. The number of aromatic nitrogens is 3. The average molecular weight is 277 g/mol. The minimum atomic E-state index is -0.379. The van der Waals surface area contributed by atoms with Gasteiger partial charge in [-0.2, -0.15) is 5.10 Å². The molecule has 0 saturated carbocycles. The summed E-state index contributed by atoms with van der Waals surface area (Å²) in [7, 11) is 0. The molecule has 0 aliphatic rings. The number of benzene rings is 1. The van der Waals surface area contributed by atoms with E-state index in [0.717, 1.165) is 11.3 Å². The minimum absolute atomic E-state index is 0.136. The summed E-state index contributed by atoms with van der Waals surface area (Å²) >= 11 is 0.996. The Kier molecular flexibility index (Phi) is 2.96. The molecule has 0 aliphatic carbocycles. The van der Waals surface area contributed by atoms with Crippen LogP contribution in [0.1, 0.15) is 5.89 Å². The van der Waals surface area contributed by atoms with E-state index >= 15 is 0 Å². The molecule has 7 heteroatoms. The molecule has 3 aromatic rings. The maximum Gasteiger partial charge on any atom is 0.325 e. The Morgan fingerprint density at radius 2 is 2.21 bits per heavy atom. The quantitative estimate of drug-likeness (QED) is 0.736. The van der Waals surface area contributed by atoms with Gasteiger partial charge >= 0.3 is 4.87 Å². The van der Waals surface area contributed by atoms with Crippen molar-refractivity contribution in [2.45, 2.75) is 6.54 Å². The first kappa shape index (κ1) is 11.8. The van der Waals surface area contributed by atoms with Gasteiger partial charge in [-0.3, -0.25) is 4.79 Å². The van der Waals surface area contributed by atoms with Gasteiger partial charge in [-0.1, -0.05) is 23.5 Å². The van der Waals surface area contributed by atoms with E-state index in [-0.39, 0.29) is 17.2 Å². The Morgan fingerprint density at radius 1 is 1.37 bits per heavy atom. The molecule has 0 amide bonds. The van der Waals surface area contributed by atoms with Crippen molar-refractivity contribution in [1.29, 1.82) is 0 Å². The van der Waals surface area contributed by atoms with Crippen LogP contribution in [0.25, 0.3) is 11.3 Å². The Morgan fingerprint density at radius 3 is 2.95 bits per heavy atom. The van der Waals surface area contributed by atoms with Crippen LogP contribution in [0.4, 0.5) is 4.39 Å². The lowest BCUT2D eigenvalue weighted by atomic mass is 10.2. The summed E-state index contributed by atoms with van der Waals surface area (Å²) in [5.74, 6) is 0.263. The van der Waals surface area contributed by atoms with E-state index in [4.69, 9.17) is 4.42 Å². The second-order valence-corrected chi connectivity index (χ2v) is 4.56. The lowest BCUT2D eigenvalue weighted by Crippen LogP contribution is -2.15. The van der Waals surface area contributed by atoms with Crippen LogP contribution in [0.2, 0.25) is 0 Å². The summed E-state index contributed by atoms with van der Waals surface area (Å²) in [5.41, 5.74) is 1.79. The summed E-state index contributed by atoms with van der Waals surface area (Å²) < 4.78 is 20.2. The van der Waals surface area contributed by atoms with Crippen LogP contribution in [-0.2, 0) is 6.54 Å². The molecule has 0 saturated heterocycles. The fraction of sp³-hybridized carbons (Fsp3) is 0.0833. The Hall–Kier alpha value is -2.28. The third kappa shape index (κ3) is 2.32. The maximum absolute atomic E-state index is 13.6. The van der Waals surface area contributed by atoms with Crippen LogP contribution in [-0.4, -0.2) is 14.8 Å². The number of rotatable bonds is 3. The van der Waals surface area contributed by atoms with Crippen molar-refractivity contribution in [3.05, 3.63) is 57.3 Å². The third-order valence-corrected chi connectivity index (χ3v) is 3.14. The molecule has 0 spiro atoms. The lowest BCUT2D eigenvalue weighted by Gasteiger charge is -1.97. The van der Waals surface area contributed by atoms with Gasteiger partial charge in [0.25, 0.3) is 0 Å². The smallest absolute Gasteiger partial charge is 0.325 e. The Bertz CT molecular complexity index is 762. The topological polar surface area (TPSA) is 60.9 Å². The first-order valence-corrected chi connectivity index (χ1v) is 6.32. The van der Waals surface area contributed by atoms with Gasteiger partial charge in [-0.15, -0.1) is 0 Å². The van der Waals surface area contributed by atoms with Crippen LogP contribution in [0.15, 0.2) is 45.2 Å². The highest BCUT2D eigenvalue weighted by molar-refractivity contribution is 7.06. The molecular formula is C12H8FN3O2S. The lowest BCUT2D eigenvalue weighted by molar-refractivity contribution is 0.468. The zero-order chi connectivity index (χ0) is 13.2. The predicted octanol–water partition coefficient (Wildman–Crippen LogP) is 2.15. The SMILES string of the molecule is O=c1scnn1Cc1ncc(-c2ccccc2F)o1. The van der Waals surface area contributed by atoms with E-state index < -0.39 is 0 Å². The minimum Gasteiger partial charge on any atom is -0.439 e. The summed E-state index contributed by atoms with van der Waals surface area (Å²) in [6.45, 7) is 0.136. The van der Waals surface area contributed by atoms with Crippen molar-refractivity contribution in [1.82, 2.24) is 14.8 Å². The number of hydrogen-bond acceptors (Lipinski definition) is 5. The van der Waals surface area contributed by atoms with Crippen molar-refractivity contribution >= 4 is 11.3 Å². The Labute approximate surface area is 111 Å². The van der Waals surface area contributed by atoms with E-state index in [0.29, 0.717) is 17.2 Å². The standard InChI is InChI=1S/C12H8FN3O2S/c13-9-4-2-1-3-8(9)10-5-14-11(18-10)6-16-12(17)19-7-15-16/h1-5,7H,6H2. The van der Waals surface area contributed by atoms with Crippen LogP contribution in [0.3, 0.4) is 0 Å². The summed E-state index contributed by atoms with van der Waals surface area (Å²) in [6.07, 6.45) is 1.44. The van der Waals surface area contributed by atoms with Gasteiger partial charge in [-0.25, -0.2) is 14.1 Å². The van der Waals surface area contributed by atoms with E-state index in [1.54, 1.807) is 18.2 Å². The molecule has 2 aromatic heterocycles. The predicted molar refractivity (Wildman–Crippen MR) is 67.4 cm³/mol. The largest absolute Gasteiger partial charge is 0.439 e. The van der Waals surface area contributed by atoms with Crippen molar-refractivity contribution in [2.75, 3.05) is 0 Å². The first-order valence-electron chi connectivity index (χ1n) is 5.44. The maximum atomic E-state index is 13.6. The van der Waals surface area contributed by atoms with Gasteiger partial charge in [0.2, 0.25) is 5.89 Å². The normalized spacial score (nSPS) is 10.8. The molecule has 0 unspecified atom stereocenters. The molecule has 0 aliphatic heterocycles. The van der Waals surface area contributed by atoms with Crippen molar-refractivity contribution in [3.8, 4) is 11.3 Å². The van der Waals surface area contributed by atoms with E-state index in [1.165, 1.54) is 22.5 Å². The first-order chi connectivity index (χ1) is 9.24. The summed E-state index contributed by atoms with van der Waals surface area (Å²) in [5, 5.41) is 3.86. The second-order valence-electron chi connectivity index (χ2n) is 3.76. The van der Waals surface area contributed by atoms with Gasteiger partial charge in [0.1, 0.15) is 17.9 Å².